The third-order valence-corrected chi connectivity index (χ3v) is 1.96. The average Bonchev–Trinajstić information content (AvgIpc) is 2.03. The number of carboxylic acid groups (broad SMARTS) is 1. The second kappa shape index (κ2) is 4.74. The van der Waals surface area contributed by atoms with Crippen molar-refractivity contribution in [1.82, 2.24) is 0 Å². The number of carbonyl (C=O) groups is 1. The molecule has 0 fully saturated rings. The molecule has 4 nitrogen and oxygen atoms in total. The molecule has 0 aromatic carbocycles. The van der Waals surface area contributed by atoms with E-state index < -0.39 is 12.0 Å². The molecule has 0 spiro atoms. The lowest BCUT2D eigenvalue weighted by molar-refractivity contribution is -0.494. The normalized spacial score (nSPS) is 17.1. The maximum Gasteiger partial charge on any atom is 0.374 e. The Labute approximate surface area is 72.1 Å². The van der Waals surface area contributed by atoms with Crippen molar-refractivity contribution in [3.63, 3.8) is 0 Å². The monoisotopic (exact) mass is 173 g/mol. The summed E-state index contributed by atoms with van der Waals surface area (Å²) in [5.41, 5.74) is 0. The van der Waals surface area contributed by atoms with Crippen LogP contribution in [0.15, 0.2) is 0 Å². The molecule has 0 amide bonds. The molecular weight excluding hydrogens is 158 g/mol. The summed E-state index contributed by atoms with van der Waals surface area (Å²) in [6.07, 6.45) is 1.93. The van der Waals surface area contributed by atoms with Gasteiger partial charge in [0.15, 0.2) is 0 Å². The summed E-state index contributed by atoms with van der Waals surface area (Å²) in [6, 6.07) is -0.944. The minimum absolute atomic E-state index is 0.129. The van der Waals surface area contributed by atoms with E-state index in [2.05, 4.69) is 0 Å². The smallest absolute Gasteiger partial charge is 0.374 e. The summed E-state index contributed by atoms with van der Waals surface area (Å²) in [6.45, 7) is 5.16. The van der Waals surface area contributed by atoms with E-state index in [-0.39, 0.29) is 5.92 Å². The third kappa shape index (κ3) is 2.53. The maximum absolute atomic E-state index is 11.0. The number of hydrogen-bond donors (Lipinski definition) is 1. The first-order chi connectivity index (χ1) is 5.54. The first-order valence-corrected chi connectivity index (χ1v) is 4.02. The Balaban J connectivity index is 4.55. The number of hydroxylamine groups is 1. The number of hydrogen-bond acceptors (Lipinski definition) is 2. The molecule has 0 aliphatic carbocycles. The zero-order chi connectivity index (χ0) is 9.72. The van der Waals surface area contributed by atoms with E-state index in [9.17, 15) is 10.0 Å². The SMILES string of the molecule is C/C=[N+](\[O-])C(C(=O)O)C(C)CC. The summed E-state index contributed by atoms with van der Waals surface area (Å²) in [4.78, 5) is 10.6. The topological polar surface area (TPSA) is 63.4 Å². The molecule has 0 heterocycles. The van der Waals surface area contributed by atoms with Crippen molar-refractivity contribution in [3.8, 4) is 0 Å². The van der Waals surface area contributed by atoms with Crippen LogP contribution < -0.4 is 0 Å². The van der Waals surface area contributed by atoms with Gasteiger partial charge in [-0.2, -0.15) is 0 Å². The van der Waals surface area contributed by atoms with Crippen LogP contribution in [0.3, 0.4) is 0 Å². The van der Waals surface area contributed by atoms with Gasteiger partial charge in [0.1, 0.15) is 6.21 Å². The highest BCUT2D eigenvalue weighted by atomic mass is 16.5. The largest absolute Gasteiger partial charge is 0.623 e. The summed E-state index contributed by atoms with van der Waals surface area (Å²) in [7, 11) is 0. The molecule has 2 atom stereocenters. The maximum atomic E-state index is 11.0. The van der Waals surface area contributed by atoms with Gasteiger partial charge in [0.2, 0.25) is 0 Å². The van der Waals surface area contributed by atoms with E-state index in [4.69, 9.17) is 5.11 Å². The summed E-state index contributed by atoms with van der Waals surface area (Å²) >= 11 is 0. The molecule has 4 heteroatoms. The number of nitrogens with zero attached hydrogens (tertiary/aromatic N) is 1. The third-order valence-electron chi connectivity index (χ3n) is 1.96. The quantitative estimate of drug-likeness (QED) is 0.299. The Morgan fingerprint density at radius 1 is 1.75 bits per heavy atom. The Morgan fingerprint density at radius 3 is 2.50 bits per heavy atom. The fraction of sp³-hybridized carbons (Fsp3) is 0.750. The van der Waals surface area contributed by atoms with Gasteiger partial charge in [0.25, 0.3) is 6.04 Å². The van der Waals surface area contributed by atoms with Crippen molar-refractivity contribution >= 4 is 12.2 Å². The van der Waals surface area contributed by atoms with Gasteiger partial charge in [-0.1, -0.05) is 13.8 Å². The van der Waals surface area contributed by atoms with Crippen LogP contribution in [0, 0.1) is 11.1 Å². The first-order valence-electron chi connectivity index (χ1n) is 4.02. The van der Waals surface area contributed by atoms with Crippen molar-refractivity contribution in [2.45, 2.75) is 33.2 Å². The fourth-order valence-electron chi connectivity index (χ4n) is 0.987. The van der Waals surface area contributed by atoms with Crippen LogP contribution >= 0.6 is 0 Å². The first kappa shape index (κ1) is 10.9. The standard InChI is InChI=1S/C8H15NO3/c1-4-6(3)7(8(10)11)9(12)5-2/h5-7H,4H2,1-3H3,(H,10,11)/b9-5-. The van der Waals surface area contributed by atoms with Gasteiger partial charge >= 0.3 is 5.97 Å². The number of rotatable bonds is 4. The minimum atomic E-state index is -1.06. The Kier molecular flexibility index (Phi) is 4.33. The number of aliphatic carboxylic acids is 1. The van der Waals surface area contributed by atoms with E-state index in [1.165, 1.54) is 13.1 Å². The van der Waals surface area contributed by atoms with Crippen molar-refractivity contribution in [3.05, 3.63) is 5.21 Å². The lowest BCUT2D eigenvalue weighted by Crippen LogP contribution is -2.36. The van der Waals surface area contributed by atoms with Crippen LogP contribution in [0.2, 0.25) is 0 Å². The van der Waals surface area contributed by atoms with Crippen molar-refractivity contribution in [2.24, 2.45) is 5.92 Å². The van der Waals surface area contributed by atoms with Crippen LogP contribution in [0.25, 0.3) is 0 Å². The Hall–Kier alpha value is -1.06. The van der Waals surface area contributed by atoms with Crippen molar-refractivity contribution in [2.75, 3.05) is 0 Å². The van der Waals surface area contributed by atoms with Crippen LogP contribution in [-0.4, -0.2) is 28.1 Å². The van der Waals surface area contributed by atoms with Gasteiger partial charge in [-0.05, 0) is 6.42 Å². The van der Waals surface area contributed by atoms with Crippen molar-refractivity contribution in [1.29, 1.82) is 0 Å². The van der Waals surface area contributed by atoms with Gasteiger partial charge in [-0.3, -0.25) is 0 Å². The molecule has 0 aromatic heterocycles. The van der Waals surface area contributed by atoms with Gasteiger partial charge in [0, 0.05) is 12.8 Å². The van der Waals surface area contributed by atoms with Gasteiger partial charge in [-0.15, -0.1) is 0 Å². The predicted molar refractivity (Wildman–Crippen MR) is 46.2 cm³/mol. The molecule has 0 bridgehead atoms. The van der Waals surface area contributed by atoms with E-state index in [1.54, 1.807) is 6.92 Å². The average molecular weight is 173 g/mol. The van der Waals surface area contributed by atoms with Gasteiger partial charge in [-0.25, -0.2) is 9.53 Å². The highest BCUT2D eigenvalue weighted by Crippen LogP contribution is 2.10. The van der Waals surface area contributed by atoms with Crippen LogP contribution in [0.5, 0.6) is 0 Å². The van der Waals surface area contributed by atoms with Gasteiger partial charge < -0.3 is 10.3 Å². The lowest BCUT2D eigenvalue weighted by Gasteiger charge is -2.17. The molecule has 12 heavy (non-hydrogen) atoms. The minimum Gasteiger partial charge on any atom is -0.623 e. The second-order valence-corrected chi connectivity index (χ2v) is 2.79. The Bertz CT molecular complexity index is 189. The lowest BCUT2D eigenvalue weighted by atomic mass is 10.00. The van der Waals surface area contributed by atoms with E-state index in [0.717, 1.165) is 0 Å². The highest BCUT2D eigenvalue weighted by molar-refractivity contribution is 5.73. The molecule has 0 aliphatic heterocycles. The van der Waals surface area contributed by atoms with E-state index in [0.29, 0.717) is 11.2 Å². The molecule has 0 saturated heterocycles. The van der Waals surface area contributed by atoms with Crippen LogP contribution in [0.1, 0.15) is 27.2 Å². The molecule has 1 N–H and O–H groups in total. The molecule has 0 saturated carbocycles. The van der Waals surface area contributed by atoms with Crippen molar-refractivity contribution < 1.29 is 14.6 Å². The molecule has 70 valence electrons. The van der Waals surface area contributed by atoms with E-state index in [1.807, 2.05) is 6.92 Å². The molecule has 0 aromatic rings. The molecule has 0 radical (unpaired) electrons. The Morgan fingerprint density at radius 2 is 2.25 bits per heavy atom. The molecule has 0 aliphatic rings. The van der Waals surface area contributed by atoms with Crippen LogP contribution in [0.4, 0.5) is 0 Å². The highest BCUT2D eigenvalue weighted by Gasteiger charge is 2.30. The molecular formula is C8H15NO3. The van der Waals surface area contributed by atoms with Gasteiger partial charge in [0.05, 0.1) is 0 Å². The summed E-state index contributed by atoms with van der Waals surface area (Å²) in [5, 5.41) is 19.7. The molecule has 0 rings (SSSR count). The van der Waals surface area contributed by atoms with E-state index >= 15 is 0 Å². The second-order valence-electron chi connectivity index (χ2n) is 2.79. The molecule has 2 unspecified atom stereocenters. The zero-order valence-corrected chi connectivity index (χ0v) is 7.65. The summed E-state index contributed by atoms with van der Waals surface area (Å²) < 4.78 is 0.497. The fourth-order valence-corrected chi connectivity index (χ4v) is 0.987. The van der Waals surface area contributed by atoms with Crippen LogP contribution in [-0.2, 0) is 4.79 Å². The predicted octanol–water partition coefficient (Wildman–Crippen LogP) is 1.09. The number of carboxylic acids is 1. The zero-order valence-electron chi connectivity index (χ0n) is 7.65. The summed E-state index contributed by atoms with van der Waals surface area (Å²) in [5.74, 6) is -1.19.